The van der Waals surface area contributed by atoms with E-state index in [0.717, 1.165) is 16.9 Å². The normalized spacial score (nSPS) is 11.8. The van der Waals surface area contributed by atoms with Gasteiger partial charge < -0.3 is 14.4 Å². The Morgan fingerprint density at radius 3 is 2.72 bits per heavy atom. The topological polar surface area (TPSA) is 97.6 Å². The Labute approximate surface area is 148 Å². The van der Waals surface area contributed by atoms with E-state index in [-0.39, 0.29) is 16.6 Å². The first-order chi connectivity index (χ1) is 11.8. The van der Waals surface area contributed by atoms with Crippen LogP contribution in [0.15, 0.2) is 39.9 Å². The lowest BCUT2D eigenvalue weighted by Gasteiger charge is -2.13. The Morgan fingerprint density at radius 2 is 2.12 bits per heavy atom. The fourth-order valence-corrected chi connectivity index (χ4v) is 4.71. The Hall–Kier alpha value is -2.36. The molecule has 0 saturated carbocycles. The van der Waals surface area contributed by atoms with E-state index in [9.17, 15) is 18.3 Å². The van der Waals surface area contributed by atoms with Gasteiger partial charge in [-0.15, -0.1) is 11.3 Å². The molecule has 7 nitrogen and oxygen atoms in total. The number of ether oxygens (including phenoxy) is 1. The number of hydrogen-bond donors (Lipinski definition) is 2. The summed E-state index contributed by atoms with van der Waals surface area (Å²) in [6.45, 7) is 1.82. The number of benzene rings is 1. The third-order valence-corrected chi connectivity index (χ3v) is 6.52. The molecule has 0 bridgehead atoms. The van der Waals surface area contributed by atoms with Crippen LogP contribution in [0.4, 0.5) is 5.69 Å². The minimum Gasteiger partial charge on any atom is -0.477 e. The van der Waals surface area contributed by atoms with E-state index in [1.165, 1.54) is 23.8 Å². The van der Waals surface area contributed by atoms with Crippen LogP contribution in [0.25, 0.3) is 10.9 Å². The number of nitrogens with zero attached hydrogens (tertiary/aromatic N) is 1. The van der Waals surface area contributed by atoms with Crippen molar-refractivity contribution in [3.05, 3.63) is 47.0 Å². The van der Waals surface area contributed by atoms with Crippen molar-refractivity contribution in [3.63, 3.8) is 0 Å². The van der Waals surface area contributed by atoms with E-state index in [4.69, 9.17) is 4.74 Å². The summed E-state index contributed by atoms with van der Waals surface area (Å²) in [6, 6.07) is 8.06. The van der Waals surface area contributed by atoms with Gasteiger partial charge >= 0.3 is 5.97 Å². The highest BCUT2D eigenvalue weighted by Crippen LogP contribution is 2.32. The number of sulfonamides is 1. The summed E-state index contributed by atoms with van der Waals surface area (Å²) in [5, 5.41) is 11.8. The van der Waals surface area contributed by atoms with Gasteiger partial charge in [0.15, 0.2) is 0 Å². The number of fused-ring (bicyclic) bond motifs is 1. The number of carbonyl (C=O) groups is 1. The van der Waals surface area contributed by atoms with Gasteiger partial charge in [0.1, 0.15) is 16.6 Å². The molecular weight excluding hydrogens is 364 g/mol. The first-order valence-electron chi connectivity index (χ1n) is 7.26. The second-order valence-electron chi connectivity index (χ2n) is 5.41. The smallest absolute Gasteiger partial charge is 0.352 e. The van der Waals surface area contributed by atoms with Crippen LogP contribution in [0, 0.1) is 6.92 Å². The molecule has 9 heteroatoms. The van der Waals surface area contributed by atoms with Crippen LogP contribution in [-0.2, 0) is 21.5 Å². The number of aromatic nitrogens is 1. The van der Waals surface area contributed by atoms with Crippen molar-refractivity contribution in [3.8, 4) is 0 Å². The molecule has 0 radical (unpaired) electrons. The van der Waals surface area contributed by atoms with Crippen molar-refractivity contribution in [2.24, 2.45) is 0 Å². The minimum absolute atomic E-state index is 0.0116. The lowest BCUT2D eigenvalue weighted by molar-refractivity contribution is 0.0664. The van der Waals surface area contributed by atoms with E-state index in [2.05, 4.69) is 4.72 Å². The van der Waals surface area contributed by atoms with Gasteiger partial charge in [-0.3, -0.25) is 4.72 Å². The molecule has 3 rings (SSSR count). The molecule has 0 aliphatic carbocycles. The highest BCUT2D eigenvalue weighted by atomic mass is 32.2. The number of aryl methyl sites for hydroxylation is 1. The summed E-state index contributed by atoms with van der Waals surface area (Å²) >= 11 is 1.11. The number of methoxy groups -OCH3 is 1. The fourth-order valence-electron chi connectivity index (χ4n) is 2.65. The van der Waals surface area contributed by atoms with Gasteiger partial charge in [-0.25, -0.2) is 13.2 Å². The number of aromatic carboxylic acids is 1. The van der Waals surface area contributed by atoms with Crippen molar-refractivity contribution in [1.29, 1.82) is 0 Å². The SMILES string of the molecule is COCn1c(C(=O)O)cc2c(C)ccc(NS(=O)(=O)c3cccs3)c21. The predicted octanol–water partition coefficient (Wildman–Crippen LogP) is 3.11. The van der Waals surface area contributed by atoms with Gasteiger partial charge in [0.05, 0.1) is 11.2 Å². The molecule has 3 aromatic rings. The summed E-state index contributed by atoms with van der Waals surface area (Å²) < 4.78 is 34.4. The second-order valence-corrected chi connectivity index (χ2v) is 8.27. The molecule has 0 saturated heterocycles. The summed E-state index contributed by atoms with van der Waals surface area (Å²) in [5.74, 6) is -1.11. The number of anilines is 1. The van der Waals surface area contributed by atoms with Crippen molar-refractivity contribution in [1.82, 2.24) is 4.57 Å². The number of carboxylic acids is 1. The average Bonchev–Trinajstić information content (AvgIpc) is 3.19. The van der Waals surface area contributed by atoms with E-state index >= 15 is 0 Å². The van der Waals surface area contributed by atoms with Gasteiger partial charge in [-0.1, -0.05) is 12.1 Å². The van der Waals surface area contributed by atoms with Crippen LogP contribution >= 0.6 is 11.3 Å². The lowest BCUT2D eigenvalue weighted by Crippen LogP contribution is -2.14. The summed E-state index contributed by atoms with van der Waals surface area (Å²) in [5.41, 5.74) is 1.65. The molecule has 0 unspecified atom stereocenters. The van der Waals surface area contributed by atoms with Gasteiger partial charge in [-0.05, 0) is 36.1 Å². The van der Waals surface area contributed by atoms with Crippen LogP contribution in [-0.4, -0.2) is 31.2 Å². The second kappa shape index (κ2) is 6.51. The zero-order valence-electron chi connectivity index (χ0n) is 13.5. The third kappa shape index (κ3) is 3.13. The molecule has 2 aromatic heterocycles. The van der Waals surface area contributed by atoms with Crippen LogP contribution in [0.3, 0.4) is 0 Å². The predicted molar refractivity (Wildman–Crippen MR) is 95.8 cm³/mol. The summed E-state index contributed by atoms with van der Waals surface area (Å²) in [6.07, 6.45) is 0. The maximum atomic E-state index is 12.5. The Balaban J connectivity index is 2.22. The van der Waals surface area contributed by atoms with Crippen LogP contribution in [0.5, 0.6) is 0 Å². The molecule has 0 aliphatic heterocycles. The molecule has 0 aliphatic rings. The number of nitrogens with one attached hydrogen (secondary N) is 1. The molecule has 0 spiro atoms. The maximum Gasteiger partial charge on any atom is 0.352 e. The molecule has 2 N–H and O–H groups in total. The molecule has 1 aromatic carbocycles. The largest absolute Gasteiger partial charge is 0.477 e. The summed E-state index contributed by atoms with van der Waals surface area (Å²) in [4.78, 5) is 11.5. The standard InChI is InChI=1S/C16H16N2O5S2/c1-10-5-6-12(17-25(21,22)14-4-3-7-24-14)15-11(10)8-13(16(19)20)18(15)9-23-2/h3-8,17H,9H2,1-2H3,(H,19,20). The quantitative estimate of drug-likeness (QED) is 0.685. The maximum absolute atomic E-state index is 12.5. The third-order valence-electron chi connectivity index (χ3n) is 3.76. The Morgan fingerprint density at radius 1 is 1.36 bits per heavy atom. The van der Waals surface area contributed by atoms with Gasteiger partial charge in [0.25, 0.3) is 10.0 Å². The van der Waals surface area contributed by atoms with E-state index in [1.807, 2.05) is 6.92 Å². The van der Waals surface area contributed by atoms with E-state index < -0.39 is 16.0 Å². The van der Waals surface area contributed by atoms with Gasteiger partial charge in [-0.2, -0.15) is 0 Å². The number of hydrogen-bond acceptors (Lipinski definition) is 5. The number of thiophene rings is 1. The Bertz CT molecular complexity index is 1040. The molecular formula is C16H16N2O5S2. The Kier molecular flexibility index (Phi) is 4.55. The van der Waals surface area contributed by atoms with Crippen molar-refractivity contribution in [2.45, 2.75) is 17.9 Å². The van der Waals surface area contributed by atoms with Crippen molar-refractivity contribution in [2.75, 3.05) is 11.8 Å². The zero-order valence-corrected chi connectivity index (χ0v) is 15.1. The molecule has 0 fully saturated rings. The molecule has 25 heavy (non-hydrogen) atoms. The summed E-state index contributed by atoms with van der Waals surface area (Å²) in [7, 11) is -2.30. The zero-order chi connectivity index (χ0) is 18.2. The fraction of sp³-hybridized carbons (Fsp3) is 0.188. The van der Waals surface area contributed by atoms with Crippen LogP contribution < -0.4 is 4.72 Å². The van der Waals surface area contributed by atoms with Crippen LogP contribution in [0.1, 0.15) is 16.1 Å². The van der Waals surface area contributed by atoms with E-state index in [0.29, 0.717) is 16.6 Å². The molecule has 2 heterocycles. The monoisotopic (exact) mass is 380 g/mol. The molecule has 0 atom stereocenters. The van der Waals surface area contributed by atoms with Gasteiger partial charge in [0.2, 0.25) is 0 Å². The highest BCUT2D eigenvalue weighted by Gasteiger charge is 2.22. The number of carboxylic acid groups (broad SMARTS) is 1. The molecule has 132 valence electrons. The minimum atomic E-state index is -3.75. The first kappa shape index (κ1) is 17.5. The van der Waals surface area contributed by atoms with Crippen molar-refractivity contribution < 1.29 is 23.1 Å². The van der Waals surface area contributed by atoms with Crippen LogP contribution in [0.2, 0.25) is 0 Å². The molecule has 0 amide bonds. The first-order valence-corrected chi connectivity index (χ1v) is 9.63. The average molecular weight is 380 g/mol. The number of rotatable bonds is 6. The lowest BCUT2D eigenvalue weighted by atomic mass is 10.1. The van der Waals surface area contributed by atoms with Crippen molar-refractivity contribution >= 4 is 43.9 Å². The van der Waals surface area contributed by atoms with Gasteiger partial charge in [0, 0.05) is 12.5 Å². The highest BCUT2D eigenvalue weighted by molar-refractivity contribution is 7.94. The van der Waals surface area contributed by atoms with E-state index in [1.54, 1.807) is 23.6 Å².